The fraction of sp³-hybridized carbons (Fsp3) is 0.438. The topological polar surface area (TPSA) is 195 Å². The first-order valence-electron chi connectivity index (χ1n) is 8.81. The standard InChI is InChI=1S/C16H22BN5O6/c18-9-3-5-20-14(9)21-10-11(13(24)12(10)23)22-6-8(2-1-4-17(27)28)16(19,7-22)15(25)26/h3,5,8,20-21,27-28H,1-2,4,6-7,18-19H2,(H,25,26)/t8-,16-/m0/s1. The van der Waals surface area contributed by atoms with Crippen LogP contribution in [-0.2, 0) is 4.79 Å². The maximum atomic E-state index is 12.2. The Labute approximate surface area is 159 Å². The lowest BCUT2D eigenvalue weighted by molar-refractivity contribution is -0.144. The molecule has 150 valence electrons. The summed E-state index contributed by atoms with van der Waals surface area (Å²) in [6.07, 6.45) is 2.35. The Morgan fingerprint density at radius 1 is 1.39 bits per heavy atom. The lowest BCUT2D eigenvalue weighted by Gasteiger charge is -2.26. The maximum Gasteiger partial charge on any atom is 0.451 e. The number of carboxylic acid groups (broad SMARTS) is 1. The van der Waals surface area contributed by atoms with Crippen molar-refractivity contribution in [1.82, 2.24) is 4.98 Å². The van der Waals surface area contributed by atoms with Gasteiger partial charge in [-0.15, -0.1) is 0 Å². The van der Waals surface area contributed by atoms with E-state index in [1.165, 1.54) is 4.90 Å². The average molecular weight is 391 g/mol. The van der Waals surface area contributed by atoms with Crippen LogP contribution in [0.25, 0.3) is 0 Å². The molecule has 12 heteroatoms. The molecule has 1 aromatic carbocycles. The first-order chi connectivity index (χ1) is 13.1. The Morgan fingerprint density at radius 2 is 2.11 bits per heavy atom. The number of nitrogens with two attached hydrogens (primary N) is 2. The number of carbonyl (C=O) groups is 1. The molecule has 1 saturated heterocycles. The summed E-state index contributed by atoms with van der Waals surface area (Å²) in [5.74, 6) is -1.39. The number of aromatic amines is 1. The summed E-state index contributed by atoms with van der Waals surface area (Å²) in [6, 6.07) is 1.59. The van der Waals surface area contributed by atoms with E-state index >= 15 is 0 Å². The molecular weight excluding hydrogens is 369 g/mol. The van der Waals surface area contributed by atoms with Crippen LogP contribution in [0.3, 0.4) is 0 Å². The van der Waals surface area contributed by atoms with Gasteiger partial charge in [0.2, 0.25) is 0 Å². The van der Waals surface area contributed by atoms with Gasteiger partial charge < -0.3 is 41.8 Å². The van der Waals surface area contributed by atoms with Crippen molar-refractivity contribution in [3.8, 4) is 0 Å². The number of aromatic nitrogens is 1. The van der Waals surface area contributed by atoms with Gasteiger partial charge in [-0.2, -0.15) is 0 Å². The van der Waals surface area contributed by atoms with Crippen LogP contribution in [0.15, 0.2) is 21.9 Å². The van der Waals surface area contributed by atoms with Crippen molar-refractivity contribution in [2.45, 2.75) is 24.7 Å². The number of anilines is 4. The molecule has 0 bridgehead atoms. The van der Waals surface area contributed by atoms with Crippen molar-refractivity contribution in [1.29, 1.82) is 0 Å². The molecule has 11 nitrogen and oxygen atoms in total. The third kappa shape index (κ3) is 3.37. The van der Waals surface area contributed by atoms with Crippen molar-refractivity contribution in [3.05, 3.63) is 32.7 Å². The van der Waals surface area contributed by atoms with Gasteiger partial charge in [-0.3, -0.25) is 14.4 Å². The fourth-order valence-corrected chi connectivity index (χ4v) is 3.66. The molecule has 2 atom stereocenters. The Balaban J connectivity index is 1.84. The van der Waals surface area contributed by atoms with Gasteiger partial charge in [0, 0.05) is 25.2 Å². The highest BCUT2D eigenvalue weighted by Crippen LogP contribution is 2.36. The summed E-state index contributed by atoms with van der Waals surface area (Å²) >= 11 is 0. The lowest BCUT2D eigenvalue weighted by atomic mass is 9.78. The van der Waals surface area contributed by atoms with E-state index in [9.17, 15) is 19.5 Å². The molecule has 1 aliphatic heterocycles. The van der Waals surface area contributed by atoms with Crippen LogP contribution in [0, 0.1) is 5.92 Å². The second kappa shape index (κ2) is 7.30. The molecule has 0 amide bonds. The van der Waals surface area contributed by atoms with Crippen LogP contribution in [-0.4, -0.2) is 51.9 Å². The predicted octanol–water partition coefficient (Wildman–Crippen LogP) is -1.59. The van der Waals surface area contributed by atoms with Gasteiger partial charge in [-0.25, -0.2) is 0 Å². The third-order valence-corrected chi connectivity index (χ3v) is 5.27. The smallest absolute Gasteiger partial charge is 0.451 e. The minimum Gasteiger partial charge on any atom is -0.480 e. The van der Waals surface area contributed by atoms with Gasteiger partial charge in [0.05, 0.1) is 5.69 Å². The third-order valence-electron chi connectivity index (χ3n) is 5.27. The second-order valence-electron chi connectivity index (χ2n) is 7.15. The van der Waals surface area contributed by atoms with Crippen LogP contribution < -0.4 is 32.5 Å². The van der Waals surface area contributed by atoms with Gasteiger partial charge >= 0.3 is 13.1 Å². The van der Waals surface area contributed by atoms with E-state index in [-0.39, 0.29) is 30.8 Å². The predicted molar refractivity (Wildman–Crippen MR) is 104 cm³/mol. The number of nitrogens with zero attached hydrogens (tertiary/aromatic N) is 1. The Kier molecular flexibility index (Phi) is 5.19. The molecular formula is C16H22BN5O6. The maximum absolute atomic E-state index is 12.2. The van der Waals surface area contributed by atoms with E-state index in [1.807, 2.05) is 0 Å². The van der Waals surface area contributed by atoms with E-state index < -0.39 is 35.4 Å². The second-order valence-corrected chi connectivity index (χ2v) is 7.15. The molecule has 1 aromatic heterocycles. The number of rotatable bonds is 8. The molecule has 28 heavy (non-hydrogen) atoms. The fourth-order valence-electron chi connectivity index (χ4n) is 3.66. The van der Waals surface area contributed by atoms with E-state index in [0.717, 1.165) is 0 Å². The number of carboxylic acids is 1. The molecule has 2 heterocycles. The largest absolute Gasteiger partial charge is 0.480 e. The minimum absolute atomic E-state index is 0.0401. The molecule has 1 fully saturated rings. The highest BCUT2D eigenvalue weighted by molar-refractivity contribution is 6.40. The minimum atomic E-state index is -1.62. The van der Waals surface area contributed by atoms with Crippen molar-refractivity contribution in [3.63, 3.8) is 0 Å². The molecule has 0 saturated carbocycles. The zero-order chi connectivity index (χ0) is 20.6. The first kappa shape index (κ1) is 19.9. The molecule has 3 rings (SSSR count). The quantitative estimate of drug-likeness (QED) is 0.204. The monoisotopic (exact) mass is 391 g/mol. The van der Waals surface area contributed by atoms with Crippen LogP contribution in [0.5, 0.6) is 0 Å². The number of hydrogen-bond acceptors (Lipinski definition) is 9. The summed E-state index contributed by atoms with van der Waals surface area (Å²) in [5.41, 5.74) is 9.32. The summed E-state index contributed by atoms with van der Waals surface area (Å²) in [6.45, 7) is 0.0124. The van der Waals surface area contributed by atoms with Crippen molar-refractivity contribution < 1.29 is 19.9 Å². The summed E-state index contributed by atoms with van der Waals surface area (Å²) in [5, 5.41) is 30.4. The Hall–Kier alpha value is -2.83. The number of nitrogens with one attached hydrogen (secondary N) is 2. The van der Waals surface area contributed by atoms with Crippen molar-refractivity contribution >= 4 is 36.0 Å². The van der Waals surface area contributed by atoms with Gasteiger partial charge in [-0.05, 0) is 18.8 Å². The van der Waals surface area contributed by atoms with Crippen LogP contribution in [0.2, 0.25) is 6.32 Å². The number of hydrogen-bond donors (Lipinski definition) is 7. The zero-order valence-corrected chi connectivity index (χ0v) is 15.0. The van der Waals surface area contributed by atoms with Crippen molar-refractivity contribution in [2.75, 3.05) is 29.0 Å². The van der Waals surface area contributed by atoms with Crippen LogP contribution >= 0.6 is 0 Å². The molecule has 0 spiro atoms. The SMILES string of the molecule is Nc1cc[nH]c1Nc1c(N2C[C@H](CCCB(O)O)[C@](N)(C(=O)O)C2)c(=O)c1=O. The summed E-state index contributed by atoms with van der Waals surface area (Å²) in [7, 11) is -1.48. The molecule has 9 N–H and O–H groups in total. The van der Waals surface area contributed by atoms with E-state index in [2.05, 4.69) is 10.3 Å². The highest BCUT2D eigenvalue weighted by atomic mass is 16.4. The molecule has 2 aromatic rings. The average Bonchev–Trinajstić information content (AvgIpc) is 3.18. The van der Waals surface area contributed by atoms with Gasteiger partial charge in [0.1, 0.15) is 22.7 Å². The Morgan fingerprint density at radius 3 is 2.68 bits per heavy atom. The van der Waals surface area contributed by atoms with Crippen LogP contribution in [0.1, 0.15) is 12.8 Å². The number of aliphatic carboxylic acids is 1. The molecule has 0 radical (unpaired) electrons. The highest BCUT2D eigenvalue weighted by Gasteiger charge is 2.50. The Bertz CT molecular complexity index is 952. The van der Waals surface area contributed by atoms with Crippen molar-refractivity contribution in [2.24, 2.45) is 11.7 Å². The molecule has 0 unspecified atom stereocenters. The van der Waals surface area contributed by atoms with Gasteiger partial charge in [0.25, 0.3) is 10.9 Å². The van der Waals surface area contributed by atoms with Gasteiger partial charge in [-0.1, -0.05) is 6.42 Å². The lowest BCUT2D eigenvalue weighted by Crippen LogP contribution is -2.55. The zero-order valence-electron chi connectivity index (χ0n) is 15.0. The molecule has 0 aliphatic carbocycles. The normalized spacial score (nSPS) is 22.0. The number of nitrogen functional groups attached to an aromatic ring is 1. The van der Waals surface area contributed by atoms with Gasteiger partial charge in [0.15, 0.2) is 0 Å². The van der Waals surface area contributed by atoms with E-state index in [1.54, 1.807) is 12.3 Å². The number of H-pyrrole nitrogens is 1. The summed E-state index contributed by atoms with van der Waals surface area (Å²) in [4.78, 5) is 40.3. The molecule has 1 aliphatic rings. The first-order valence-corrected chi connectivity index (χ1v) is 8.81. The van der Waals surface area contributed by atoms with Crippen LogP contribution in [0.4, 0.5) is 22.9 Å². The summed E-state index contributed by atoms with van der Waals surface area (Å²) < 4.78 is 0. The van der Waals surface area contributed by atoms with E-state index in [4.69, 9.17) is 21.5 Å². The van der Waals surface area contributed by atoms with E-state index in [0.29, 0.717) is 24.3 Å².